The van der Waals surface area contributed by atoms with Crippen LogP contribution in [-0.4, -0.2) is 36.3 Å². The highest BCUT2D eigenvalue weighted by molar-refractivity contribution is 6.06. The predicted molar refractivity (Wildman–Crippen MR) is 115 cm³/mol. The Kier molecular flexibility index (Phi) is 5.48. The van der Waals surface area contributed by atoms with E-state index in [4.69, 9.17) is 0 Å². The fraction of sp³-hybridized carbons (Fsp3) is 0.167. The van der Waals surface area contributed by atoms with Crippen molar-refractivity contribution in [2.24, 2.45) is 0 Å². The van der Waals surface area contributed by atoms with E-state index in [0.29, 0.717) is 24.2 Å². The fourth-order valence-electron chi connectivity index (χ4n) is 3.72. The highest BCUT2D eigenvalue weighted by Gasteiger charge is 2.38. The van der Waals surface area contributed by atoms with Crippen LogP contribution in [0.3, 0.4) is 0 Å². The molecule has 3 aromatic carbocycles. The van der Waals surface area contributed by atoms with Crippen molar-refractivity contribution >= 4 is 28.9 Å². The summed E-state index contributed by atoms with van der Waals surface area (Å²) in [5, 5.41) is 3.26. The molecule has 1 saturated heterocycles. The first-order valence-electron chi connectivity index (χ1n) is 9.80. The molecule has 6 heteroatoms. The van der Waals surface area contributed by atoms with E-state index in [1.54, 1.807) is 37.4 Å². The number of nitrogens with one attached hydrogen (secondary N) is 1. The van der Waals surface area contributed by atoms with Crippen LogP contribution in [0.5, 0.6) is 0 Å². The Hall–Kier alpha value is -3.67. The van der Waals surface area contributed by atoms with Gasteiger partial charge in [-0.15, -0.1) is 0 Å². The molecule has 3 aromatic rings. The van der Waals surface area contributed by atoms with Gasteiger partial charge in [-0.05, 0) is 42.8 Å². The third-order valence-electron chi connectivity index (χ3n) is 5.32. The van der Waals surface area contributed by atoms with Crippen LogP contribution in [0.1, 0.15) is 16.8 Å². The Bertz CT molecular complexity index is 1070. The van der Waals surface area contributed by atoms with Crippen molar-refractivity contribution in [3.05, 3.63) is 90.2 Å². The SMILES string of the molecule is CN(C(=O)c1ccccc1Nc1ccccc1)[C@H]1CCN(c2ccccc2F)C1=O. The lowest BCUT2D eigenvalue weighted by molar-refractivity contribution is -0.120. The van der Waals surface area contributed by atoms with Crippen LogP contribution < -0.4 is 10.2 Å². The van der Waals surface area contributed by atoms with E-state index in [1.807, 2.05) is 42.5 Å². The van der Waals surface area contributed by atoms with Gasteiger partial charge in [0.1, 0.15) is 11.9 Å². The maximum Gasteiger partial charge on any atom is 0.256 e. The van der Waals surface area contributed by atoms with Crippen LogP contribution in [0.15, 0.2) is 78.9 Å². The van der Waals surface area contributed by atoms with E-state index in [1.165, 1.54) is 15.9 Å². The first-order valence-corrected chi connectivity index (χ1v) is 9.80. The molecule has 0 aromatic heterocycles. The molecule has 0 bridgehead atoms. The van der Waals surface area contributed by atoms with E-state index in [9.17, 15) is 14.0 Å². The number of para-hydroxylation sites is 3. The zero-order valence-corrected chi connectivity index (χ0v) is 16.6. The number of rotatable bonds is 5. The van der Waals surface area contributed by atoms with Crippen molar-refractivity contribution < 1.29 is 14.0 Å². The van der Waals surface area contributed by atoms with Crippen molar-refractivity contribution in [1.29, 1.82) is 0 Å². The minimum absolute atomic E-state index is 0.247. The number of benzene rings is 3. The van der Waals surface area contributed by atoms with E-state index in [2.05, 4.69) is 5.32 Å². The van der Waals surface area contributed by atoms with Crippen molar-refractivity contribution in [2.45, 2.75) is 12.5 Å². The van der Waals surface area contributed by atoms with Crippen LogP contribution in [0.4, 0.5) is 21.5 Å². The number of anilines is 3. The van der Waals surface area contributed by atoms with Crippen molar-refractivity contribution in [2.75, 3.05) is 23.8 Å². The molecule has 1 aliphatic rings. The van der Waals surface area contributed by atoms with Crippen molar-refractivity contribution in [3.8, 4) is 0 Å². The maximum atomic E-state index is 14.1. The first-order chi connectivity index (χ1) is 14.6. The first kappa shape index (κ1) is 19.6. The van der Waals surface area contributed by atoms with Crippen LogP contribution in [0.2, 0.25) is 0 Å². The van der Waals surface area contributed by atoms with Crippen LogP contribution in [-0.2, 0) is 4.79 Å². The third-order valence-corrected chi connectivity index (χ3v) is 5.32. The quantitative estimate of drug-likeness (QED) is 0.685. The zero-order chi connectivity index (χ0) is 21.1. The summed E-state index contributed by atoms with van der Waals surface area (Å²) in [6, 6.07) is 22.3. The Labute approximate surface area is 174 Å². The number of nitrogens with zero attached hydrogens (tertiary/aromatic N) is 2. The maximum absolute atomic E-state index is 14.1. The van der Waals surface area contributed by atoms with Gasteiger partial charge in [0.15, 0.2) is 0 Å². The van der Waals surface area contributed by atoms with Crippen LogP contribution in [0.25, 0.3) is 0 Å². The van der Waals surface area contributed by atoms with Gasteiger partial charge in [0.25, 0.3) is 5.91 Å². The number of hydrogen-bond acceptors (Lipinski definition) is 3. The molecule has 152 valence electrons. The van der Waals surface area contributed by atoms with Crippen molar-refractivity contribution in [1.82, 2.24) is 4.90 Å². The minimum Gasteiger partial charge on any atom is -0.355 e. The molecule has 1 heterocycles. The Morgan fingerprint density at radius 2 is 1.67 bits per heavy atom. The molecule has 0 aliphatic carbocycles. The van der Waals surface area contributed by atoms with Gasteiger partial charge in [-0.25, -0.2) is 4.39 Å². The summed E-state index contributed by atoms with van der Waals surface area (Å²) in [7, 11) is 1.62. The van der Waals surface area contributed by atoms with Crippen LogP contribution >= 0.6 is 0 Å². The minimum atomic E-state index is -0.637. The molecule has 1 aliphatic heterocycles. The highest BCUT2D eigenvalue weighted by atomic mass is 19.1. The molecular formula is C24H22FN3O2. The zero-order valence-electron chi connectivity index (χ0n) is 16.6. The molecule has 0 saturated carbocycles. The topological polar surface area (TPSA) is 52.7 Å². The standard InChI is InChI=1S/C24H22FN3O2/c1-27(22-15-16-28(24(22)30)21-14-8-6-12-19(21)25)23(29)18-11-5-7-13-20(18)26-17-9-3-2-4-10-17/h2-14,22,26H,15-16H2,1H3/t22-/m0/s1. The van der Waals surface area contributed by atoms with Gasteiger partial charge < -0.3 is 15.1 Å². The Morgan fingerprint density at radius 3 is 2.43 bits per heavy atom. The smallest absolute Gasteiger partial charge is 0.256 e. The van der Waals surface area contributed by atoms with Gasteiger partial charge in [0.2, 0.25) is 5.91 Å². The molecule has 4 rings (SSSR count). The number of carbonyl (C=O) groups is 2. The summed E-state index contributed by atoms with van der Waals surface area (Å²) in [6.45, 7) is 0.367. The largest absolute Gasteiger partial charge is 0.355 e. The van der Waals surface area contributed by atoms with E-state index in [-0.39, 0.29) is 17.5 Å². The number of likely N-dealkylation sites (N-methyl/N-ethyl adjacent to an activating group) is 1. The lowest BCUT2D eigenvalue weighted by Crippen LogP contribution is -2.43. The molecule has 1 fully saturated rings. The van der Waals surface area contributed by atoms with Crippen LogP contribution in [0, 0.1) is 5.82 Å². The second-order valence-corrected chi connectivity index (χ2v) is 7.20. The summed E-state index contributed by atoms with van der Waals surface area (Å²) in [4.78, 5) is 29.1. The summed E-state index contributed by atoms with van der Waals surface area (Å²) >= 11 is 0. The summed E-state index contributed by atoms with van der Waals surface area (Å²) < 4.78 is 14.1. The van der Waals surface area contributed by atoms with Gasteiger partial charge in [-0.2, -0.15) is 0 Å². The molecule has 0 spiro atoms. The Morgan fingerprint density at radius 1 is 1.00 bits per heavy atom. The Balaban J connectivity index is 1.55. The third kappa shape index (κ3) is 3.76. The molecule has 0 radical (unpaired) electrons. The van der Waals surface area contributed by atoms with Gasteiger partial charge >= 0.3 is 0 Å². The number of halogens is 1. The molecule has 1 atom stereocenters. The second kappa shape index (κ2) is 8.37. The van der Waals surface area contributed by atoms with Gasteiger partial charge in [0, 0.05) is 19.3 Å². The molecule has 30 heavy (non-hydrogen) atoms. The second-order valence-electron chi connectivity index (χ2n) is 7.20. The molecule has 1 N–H and O–H groups in total. The fourth-order valence-corrected chi connectivity index (χ4v) is 3.72. The van der Waals surface area contributed by atoms with E-state index >= 15 is 0 Å². The van der Waals surface area contributed by atoms with E-state index in [0.717, 1.165) is 5.69 Å². The predicted octanol–water partition coefficient (Wildman–Crippen LogP) is 4.45. The lowest BCUT2D eigenvalue weighted by Gasteiger charge is -2.25. The van der Waals surface area contributed by atoms with Gasteiger partial charge in [-0.3, -0.25) is 9.59 Å². The number of carbonyl (C=O) groups excluding carboxylic acids is 2. The molecule has 2 amide bonds. The normalized spacial score (nSPS) is 15.9. The average molecular weight is 403 g/mol. The summed E-state index contributed by atoms with van der Waals surface area (Å²) in [6.07, 6.45) is 0.448. The number of hydrogen-bond donors (Lipinski definition) is 1. The summed E-state index contributed by atoms with van der Waals surface area (Å²) in [5.41, 5.74) is 2.25. The monoisotopic (exact) mass is 403 g/mol. The average Bonchev–Trinajstić information content (AvgIpc) is 3.15. The van der Waals surface area contributed by atoms with Gasteiger partial charge in [-0.1, -0.05) is 42.5 Å². The molecule has 0 unspecified atom stereocenters. The highest BCUT2D eigenvalue weighted by Crippen LogP contribution is 2.28. The van der Waals surface area contributed by atoms with E-state index < -0.39 is 11.9 Å². The molecular weight excluding hydrogens is 381 g/mol. The van der Waals surface area contributed by atoms with Crippen molar-refractivity contribution in [3.63, 3.8) is 0 Å². The lowest BCUT2D eigenvalue weighted by atomic mass is 10.1. The van der Waals surface area contributed by atoms with Gasteiger partial charge in [0.05, 0.1) is 16.9 Å². The number of amides is 2. The molecule has 5 nitrogen and oxygen atoms in total. The summed E-state index contributed by atoms with van der Waals surface area (Å²) in [5.74, 6) is -0.981.